The van der Waals surface area contributed by atoms with Crippen molar-refractivity contribution < 1.29 is 14.7 Å². The lowest BCUT2D eigenvalue weighted by atomic mass is 9.32. The predicted octanol–water partition coefficient (Wildman–Crippen LogP) is 8.56. The first-order chi connectivity index (χ1) is 24.2. The van der Waals surface area contributed by atoms with E-state index in [1.807, 2.05) is 32.3 Å². The summed E-state index contributed by atoms with van der Waals surface area (Å²) in [5, 5.41) is 17.6. The van der Waals surface area contributed by atoms with E-state index in [-0.39, 0.29) is 45.0 Å². The number of carbonyl (C=O) groups excluding carboxylic acids is 2. The van der Waals surface area contributed by atoms with Crippen molar-refractivity contribution in [2.24, 2.45) is 50.7 Å². The van der Waals surface area contributed by atoms with E-state index in [4.69, 9.17) is 0 Å². The first-order valence-corrected chi connectivity index (χ1v) is 20.3. The molecule has 7 rings (SSSR count). The van der Waals surface area contributed by atoms with Crippen LogP contribution in [0.4, 0.5) is 5.69 Å². The maximum Gasteiger partial charge on any atom is 0.251 e. The van der Waals surface area contributed by atoms with E-state index in [0.717, 1.165) is 55.3 Å². The molecule has 0 bridgehead atoms. The highest BCUT2D eigenvalue weighted by Crippen LogP contribution is 2.76. The third kappa shape index (κ3) is 5.85. The Morgan fingerprint density at radius 2 is 1.53 bits per heavy atom. The molecule has 0 radical (unpaired) electrons. The fourth-order valence-corrected chi connectivity index (χ4v) is 13.5. The van der Waals surface area contributed by atoms with E-state index in [0.29, 0.717) is 48.7 Å². The molecule has 0 aromatic heterocycles. The number of nitrogens with zero attached hydrogens (tertiary/aromatic N) is 1. The molecule has 5 fully saturated rings. The molecule has 8 unspecified atom stereocenters. The Labute approximate surface area is 307 Å². The van der Waals surface area contributed by atoms with Gasteiger partial charge in [-0.05, 0) is 151 Å². The number of anilines is 1. The second kappa shape index (κ2) is 13.2. The topological polar surface area (TPSA) is 81.7 Å². The Kier molecular flexibility index (Phi) is 9.46. The molecule has 278 valence electrons. The van der Waals surface area contributed by atoms with E-state index in [2.05, 4.69) is 80.5 Å². The van der Waals surface area contributed by atoms with E-state index in [9.17, 15) is 14.7 Å². The van der Waals surface area contributed by atoms with Gasteiger partial charge in [-0.2, -0.15) is 0 Å². The molecule has 5 aliphatic rings. The molecular formula is C45H65N3O3. The van der Waals surface area contributed by atoms with Gasteiger partial charge in [-0.15, -0.1) is 0 Å². The number of benzene rings is 2. The van der Waals surface area contributed by atoms with Crippen LogP contribution in [0.15, 0.2) is 48.5 Å². The van der Waals surface area contributed by atoms with Gasteiger partial charge < -0.3 is 20.6 Å². The molecule has 6 heteroatoms. The summed E-state index contributed by atoms with van der Waals surface area (Å²) in [4.78, 5) is 29.4. The van der Waals surface area contributed by atoms with Crippen LogP contribution in [-0.4, -0.2) is 43.7 Å². The van der Waals surface area contributed by atoms with Crippen molar-refractivity contribution in [3.63, 3.8) is 0 Å². The van der Waals surface area contributed by atoms with Crippen LogP contribution < -0.4 is 15.5 Å². The van der Waals surface area contributed by atoms with Crippen LogP contribution in [0.1, 0.15) is 127 Å². The molecule has 0 aliphatic heterocycles. The van der Waals surface area contributed by atoms with E-state index in [1.165, 1.54) is 32.1 Å². The van der Waals surface area contributed by atoms with Crippen molar-refractivity contribution >= 4 is 17.5 Å². The summed E-state index contributed by atoms with van der Waals surface area (Å²) in [5.41, 5.74) is 4.48. The molecule has 2 amide bonds. The van der Waals surface area contributed by atoms with Crippen LogP contribution in [0.25, 0.3) is 0 Å². The monoisotopic (exact) mass is 696 g/mol. The molecule has 51 heavy (non-hydrogen) atoms. The minimum atomic E-state index is -0.238. The number of aliphatic hydroxyl groups excluding tert-OH is 1. The van der Waals surface area contributed by atoms with Crippen LogP contribution in [0.3, 0.4) is 0 Å². The number of nitrogens with one attached hydrogen (secondary N) is 2. The van der Waals surface area contributed by atoms with Gasteiger partial charge in [0.1, 0.15) is 0 Å². The fourth-order valence-electron chi connectivity index (χ4n) is 13.5. The molecule has 2 aromatic carbocycles. The zero-order chi connectivity index (χ0) is 36.4. The van der Waals surface area contributed by atoms with Crippen LogP contribution in [0, 0.1) is 50.7 Å². The van der Waals surface area contributed by atoms with Gasteiger partial charge in [0, 0.05) is 38.4 Å². The van der Waals surface area contributed by atoms with Crippen molar-refractivity contribution in [3.05, 3.63) is 65.2 Å². The molecule has 6 nitrogen and oxygen atoms in total. The number of fused-ring (bicyclic) bond motifs is 7. The maximum absolute atomic E-state index is 14.3. The molecule has 9 atom stereocenters. The average molecular weight is 696 g/mol. The summed E-state index contributed by atoms with van der Waals surface area (Å²) >= 11 is 0. The van der Waals surface area contributed by atoms with Gasteiger partial charge in [-0.25, -0.2) is 0 Å². The third-order valence-electron chi connectivity index (χ3n) is 16.6. The first-order valence-electron chi connectivity index (χ1n) is 20.3. The summed E-state index contributed by atoms with van der Waals surface area (Å²) in [5.74, 6) is 2.54. The fraction of sp³-hybridized carbons (Fsp3) is 0.689. The molecule has 5 saturated carbocycles. The van der Waals surface area contributed by atoms with Crippen LogP contribution in [0.2, 0.25) is 0 Å². The van der Waals surface area contributed by atoms with Crippen LogP contribution in [-0.2, 0) is 17.8 Å². The van der Waals surface area contributed by atoms with Crippen molar-refractivity contribution in [2.45, 2.75) is 124 Å². The van der Waals surface area contributed by atoms with Crippen molar-refractivity contribution in [1.29, 1.82) is 0 Å². The summed E-state index contributed by atoms with van der Waals surface area (Å²) in [7, 11) is 4.04. The van der Waals surface area contributed by atoms with Crippen molar-refractivity contribution in [2.75, 3.05) is 25.5 Å². The van der Waals surface area contributed by atoms with Crippen LogP contribution in [0.5, 0.6) is 0 Å². The second-order valence-corrected chi connectivity index (χ2v) is 19.1. The number of carbonyl (C=O) groups is 2. The maximum atomic E-state index is 14.3. The Balaban J connectivity index is 0.986. The highest BCUT2D eigenvalue weighted by molar-refractivity contribution is 5.94. The van der Waals surface area contributed by atoms with E-state index < -0.39 is 0 Å². The van der Waals surface area contributed by atoms with Gasteiger partial charge in [0.05, 0.1) is 11.5 Å². The lowest BCUT2D eigenvalue weighted by molar-refractivity contribution is -0.244. The molecule has 3 N–H and O–H groups in total. The zero-order valence-corrected chi connectivity index (χ0v) is 32.6. The normalized spacial score (nSPS) is 38.0. The SMILES string of the molecule is CN(C)c1ccc(CNC(=O)c2cccc(CCNC(=O)C34CCCC3C3CCC5C6(C)CCC(O)C(C)(C)C6CCC5(C)[C@]3(C)CC4)c2)cc1. The second-order valence-electron chi connectivity index (χ2n) is 19.1. The van der Waals surface area contributed by atoms with Crippen LogP contribution >= 0.6 is 0 Å². The number of rotatable bonds is 8. The summed E-state index contributed by atoms with van der Waals surface area (Å²) in [6.07, 6.45) is 13.1. The molecule has 0 heterocycles. The Bertz CT molecular complexity index is 1620. The first kappa shape index (κ1) is 36.5. The lowest BCUT2D eigenvalue weighted by Crippen LogP contribution is -2.67. The van der Waals surface area contributed by atoms with E-state index >= 15 is 0 Å². The van der Waals surface area contributed by atoms with Crippen molar-refractivity contribution in [3.8, 4) is 0 Å². The third-order valence-corrected chi connectivity index (χ3v) is 16.6. The molecule has 0 spiro atoms. The molecule has 0 saturated heterocycles. The quantitative estimate of drug-likeness (QED) is 0.259. The molecular weight excluding hydrogens is 631 g/mol. The predicted molar refractivity (Wildman–Crippen MR) is 206 cm³/mol. The Morgan fingerprint density at radius 3 is 2.27 bits per heavy atom. The van der Waals surface area contributed by atoms with Gasteiger partial charge >= 0.3 is 0 Å². The number of hydrogen-bond donors (Lipinski definition) is 3. The highest BCUT2D eigenvalue weighted by atomic mass is 16.3. The van der Waals surface area contributed by atoms with Crippen molar-refractivity contribution in [1.82, 2.24) is 10.6 Å². The smallest absolute Gasteiger partial charge is 0.251 e. The standard InChI is InChI=1S/C45H65N3O3/c1-41(2)36-19-24-44(5)37(42(36,3)23-20-38(41)49)18-17-34-35-12-9-22-45(35,26-25-43(34,44)4)40(51)46-27-21-30-10-8-11-32(28-30)39(50)47-29-31-13-15-33(16-14-31)48(6)7/h8,10-11,13-16,28,34-38,49H,9,12,17-27,29H2,1-7H3,(H,46,51)(H,47,50)/t34?,35?,36?,37?,38?,42?,43-,44?,45?/m1/s1. The minimum absolute atomic E-state index is 0.0235. The van der Waals surface area contributed by atoms with Gasteiger partial charge in [-0.3, -0.25) is 9.59 Å². The largest absolute Gasteiger partial charge is 0.393 e. The molecule has 2 aromatic rings. The van der Waals surface area contributed by atoms with Gasteiger partial charge in [0.2, 0.25) is 5.91 Å². The highest BCUT2D eigenvalue weighted by Gasteiger charge is 2.70. The number of amides is 2. The Hall–Kier alpha value is -2.86. The van der Waals surface area contributed by atoms with Gasteiger partial charge in [0.25, 0.3) is 5.91 Å². The van der Waals surface area contributed by atoms with E-state index in [1.54, 1.807) is 0 Å². The van der Waals surface area contributed by atoms with Gasteiger partial charge in [-0.1, -0.05) is 65.3 Å². The summed E-state index contributed by atoms with van der Waals surface area (Å²) in [6.45, 7) is 13.6. The average Bonchev–Trinajstić information content (AvgIpc) is 3.55. The lowest BCUT2D eigenvalue weighted by Gasteiger charge is -2.72. The van der Waals surface area contributed by atoms with Gasteiger partial charge in [0.15, 0.2) is 0 Å². The summed E-state index contributed by atoms with van der Waals surface area (Å²) < 4.78 is 0. The Morgan fingerprint density at radius 1 is 0.765 bits per heavy atom. The number of hydrogen-bond acceptors (Lipinski definition) is 4. The number of aliphatic hydroxyl groups is 1. The summed E-state index contributed by atoms with van der Waals surface area (Å²) in [6, 6.07) is 16.1. The molecule has 5 aliphatic carbocycles. The zero-order valence-electron chi connectivity index (χ0n) is 32.6. The minimum Gasteiger partial charge on any atom is -0.393 e.